The quantitative estimate of drug-likeness (QED) is 0.501. The van der Waals surface area contributed by atoms with Crippen molar-refractivity contribution in [3.8, 4) is 11.8 Å². The highest BCUT2D eigenvalue weighted by Gasteiger charge is 1.98. The van der Waals surface area contributed by atoms with E-state index in [1.54, 1.807) is 11.8 Å². The van der Waals surface area contributed by atoms with Crippen molar-refractivity contribution in [2.45, 2.75) is 11.8 Å². The first-order chi connectivity index (χ1) is 8.75. The molecule has 2 N–H and O–H groups in total. The van der Waals surface area contributed by atoms with Gasteiger partial charge in [0.2, 0.25) is 0 Å². The number of hydrogen-bond donors (Lipinski definition) is 1. The molecule has 0 aromatic heterocycles. The van der Waals surface area contributed by atoms with E-state index in [2.05, 4.69) is 18.8 Å². The summed E-state index contributed by atoms with van der Waals surface area (Å²) in [4.78, 5) is 1.21. The molecule has 0 heterocycles. The molecule has 18 heavy (non-hydrogen) atoms. The molecule has 2 aromatic rings. The summed E-state index contributed by atoms with van der Waals surface area (Å²) < 4.78 is 0. The molecule has 90 valence electrons. The summed E-state index contributed by atoms with van der Waals surface area (Å²) >= 11 is 1.73. The van der Waals surface area contributed by atoms with E-state index < -0.39 is 0 Å². The van der Waals surface area contributed by atoms with Gasteiger partial charge in [-0.1, -0.05) is 36.1 Å². The molecule has 0 unspecified atom stereocenters. The summed E-state index contributed by atoms with van der Waals surface area (Å²) in [5.41, 5.74) is 8.88. The summed E-state index contributed by atoms with van der Waals surface area (Å²) in [6.45, 7) is 2.09. The Kier molecular flexibility index (Phi) is 4.33. The van der Waals surface area contributed by atoms with E-state index in [1.807, 2.05) is 48.5 Å². The molecule has 0 aliphatic heterocycles. The molecule has 0 atom stereocenters. The zero-order valence-electron chi connectivity index (χ0n) is 10.3. The smallest absolute Gasteiger partial charge is 0.0598 e. The van der Waals surface area contributed by atoms with Crippen LogP contribution in [0, 0.1) is 18.8 Å². The van der Waals surface area contributed by atoms with Crippen molar-refractivity contribution < 1.29 is 0 Å². The third-order valence-electron chi connectivity index (χ3n) is 2.52. The van der Waals surface area contributed by atoms with Crippen molar-refractivity contribution in [1.29, 1.82) is 0 Å². The van der Waals surface area contributed by atoms with Crippen molar-refractivity contribution in [1.82, 2.24) is 0 Å². The zero-order chi connectivity index (χ0) is 12.8. The van der Waals surface area contributed by atoms with E-state index in [-0.39, 0.29) is 0 Å². The fraction of sp³-hybridized carbons (Fsp3) is 0.125. The Hall–Kier alpha value is -1.85. The monoisotopic (exact) mass is 253 g/mol. The number of thioether (sulfide) groups is 1. The second kappa shape index (κ2) is 6.18. The van der Waals surface area contributed by atoms with Gasteiger partial charge in [0.25, 0.3) is 0 Å². The van der Waals surface area contributed by atoms with Crippen molar-refractivity contribution in [3.63, 3.8) is 0 Å². The molecule has 0 bridgehead atoms. The summed E-state index contributed by atoms with van der Waals surface area (Å²) in [6.07, 6.45) is 0. The highest BCUT2D eigenvalue weighted by atomic mass is 32.2. The average Bonchev–Trinajstić information content (AvgIpc) is 2.40. The number of anilines is 1. The Balaban J connectivity index is 1.97. The molecule has 0 saturated carbocycles. The Bertz CT molecular complexity index is 579. The van der Waals surface area contributed by atoms with E-state index in [1.165, 1.54) is 10.5 Å². The zero-order valence-corrected chi connectivity index (χ0v) is 11.1. The van der Waals surface area contributed by atoms with E-state index >= 15 is 0 Å². The van der Waals surface area contributed by atoms with Crippen LogP contribution in [0.3, 0.4) is 0 Å². The van der Waals surface area contributed by atoms with Crippen LogP contribution in [0.5, 0.6) is 0 Å². The summed E-state index contributed by atoms with van der Waals surface area (Å²) in [6, 6.07) is 16.0. The Morgan fingerprint density at radius 1 is 1.11 bits per heavy atom. The minimum absolute atomic E-state index is 0.777. The topological polar surface area (TPSA) is 26.0 Å². The average molecular weight is 253 g/mol. The van der Waals surface area contributed by atoms with Crippen LogP contribution < -0.4 is 5.73 Å². The molecule has 0 radical (unpaired) electrons. The molecule has 0 spiro atoms. The van der Waals surface area contributed by atoms with E-state index in [9.17, 15) is 0 Å². The van der Waals surface area contributed by atoms with Gasteiger partial charge in [-0.2, -0.15) is 0 Å². The molecular weight excluding hydrogens is 238 g/mol. The Morgan fingerprint density at radius 2 is 1.89 bits per heavy atom. The van der Waals surface area contributed by atoms with E-state index in [0.29, 0.717) is 0 Å². The number of aryl methyl sites for hydroxylation is 1. The minimum Gasteiger partial charge on any atom is -0.399 e. The SMILES string of the molecule is Cc1ccc(N)cc1SCC#Cc1ccccc1. The lowest BCUT2D eigenvalue weighted by Gasteiger charge is -2.03. The summed E-state index contributed by atoms with van der Waals surface area (Å²) in [5, 5.41) is 0. The number of nitrogens with two attached hydrogens (primary N) is 1. The second-order valence-corrected chi connectivity index (χ2v) is 5.00. The fourth-order valence-corrected chi connectivity index (χ4v) is 2.36. The van der Waals surface area contributed by atoms with Crippen LogP contribution in [0.15, 0.2) is 53.4 Å². The normalized spacial score (nSPS) is 9.61. The van der Waals surface area contributed by atoms with Gasteiger partial charge < -0.3 is 5.73 Å². The van der Waals surface area contributed by atoms with E-state index in [4.69, 9.17) is 5.73 Å². The van der Waals surface area contributed by atoms with Gasteiger partial charge in [0, 0.05) is 16.1 Å². The highest BCUT2D eigenvalue weighted by Crippen LogP contribution is 2.24. The molecule has 0 amide bonds. The lowest BCUT2D eigenvalue weighted by Crippen LogP contribution is -1.87. The maximum absolute atomic E-state index is 5.77. The molecule has 2 aromatic carbocycles. The number of benzene rings is 2. The van der Waals surface area contributed by atoms with Gasteiger partial charge in [0.05, 0.1) is 5.75 Å². The molecule has 0 fully saturated rings. The third kappa shape index (κ3) is 3.58. The van der Waals surface area contributed by atoms with Gasteiger partial charge in [-0.25, -0.2) is 0 Å². The molecule has 2 rings (SSSR count). The first-order valence-corrected chi connectivity index (χ1v) is 6.77. The number of hydrogen-bond acceptors (Lipinski definition) is 2. The van der Waals surface area contributed by atoms with Crippen LogP contribution in [-0.2, 0) is 0 Å². The van der Waals surface area contributed by atoms with Gasteiger partial charge in [-0.05, 0) is 36.8 Å². The van der Waals surface area contributed by atoms with Crippen molar-refractivity contribution in [2.24, 2.45) is 0 Å². The second-order valence-electron chi connectivity index (χ2n) is 3.98. The van der Waals surface area contributed by atoms with Crippen molar-refractivity contribution in [2.75, 3.05) is 11.5 Å². The maximum Gasteiger partial charge on any atom is 0.0598 e. The van der Waals surface area contributed by atoms with Gasteiger partial charge in [-0.15, -0.1) is 11.8 Å². The first kappa shape index (κ1) is 12.6. The van der Waals surface area contributed by atoms with E-state index in [0.717, 1.165) is 17.0 Å². The van der Waals surface area contributed by atoms with Crippen LogP contribution in [-0.4, -0.2) is 5.75 Å². The Labute approximate surface area is 112 Å². The van der Waals surface area contributed by atoms with Crippen LogP contribution in [0.25, 0.3) is 0 Å². The van der Waals surface area contributed by atoms with Gasteiger partial charge in [-0.3, -0.25) is 0 Å². The standard InChI is InChI=1S/C16H15NS/c1-13-9-10-15(17)12-16(13)18-11-5-8-14-6-3-2-4-7-14/h2-4,6-7,9-10,12H,11,17H2,1H3. The molecule has 0 aliphatic carbocycles. The van der Waals surface area contributed by atoms with Crippen LogP contribution in [0.2, 0.25) is 0 Å². The van der Waals surface area contributed by atoms with Crippen LogP contribution in [0.4, 0.5) is 5.69 Å². The first-order valence-electron chi connectivity index (χ1n) is 5.78. The van der Waals surface area contributed by atoms with Gasteiger partial charge in [0.1, 0.15) is 0 Å². The summed E-state index contributed by atoms with van der Waals surface area (Å²) in [7, 11) is 0. The van der Waals surface area contributed by atoms with Crippen molar-refractivity contribution >= 4 is 17.4 Å². The largest absolute Gasteiger partial charge is 0.399 e. The highest BCUT2D eigenvalue weighted by molar-refractivity contribution is 7.99. The molecule has 0 aliphatic rings. The molecule has 2 heteroatoms. The number of nitrogen functional groups attached to an aromatic ring is 1. The van der Waals surface area contributed by atoms with Crippen LogP contribution in [0.1, 0.15) is 11.1 Å². The van der Waals surface area contributed by atoms with Gasteiger partial charge in [0.15, 0.2) is 0 Å². The fourth-order valence-electron chi connectivity index (χ4n) is 1.55. The predicted molar refractivity (Wildman–Crippen MR) is 79.6 cm³/mol. The van der Waals surface area contributed by atoms with Gasteiger partial charge >= 0.3 is 0 Å². The lowest BCUT2D eigenvalue weighted by molar-refractivity contribution is 1.31. The molecular formula is C16H15NS. The lowest BCUT2D eigenvalue weighted by atomic mass is 10.2. The summed E-state index contributed by atoms with van der Waals surface area (Å²) in [5.74, 6) is 7.09. The molecule has 1 nitrogen and oxygen atoms in total. The molecule has 0 saturated heterocycles. The Morgan fingerprint density at radius 3 is 2.67 bits per heavy atom. The van der Waals surface area contributed by atoms with Crippen LogP contribution >= 0.6 is 11.8 Å². The number of rotatable bonds is 2. The van der Waals surface area contributed by atoms with Crippen molar-refractivity contribution in [3.05, 3.63) is 59.7 Å². The predicted octanol–water partition coefficient (Wildman–Crippen LogP) is 3.72. The minimum atomic E-state index is 0.777. The maximum atomic E-state index is 5.77. The third-order valence-corrected chi connectivity index (χ3v) is 3.56.